The Morgan fingerprint density at radius 3 is 2.81 bits per heavy atom. The fourth-order valence-electron chi connectivity index (χ4n) is 7.27. The van der Waals surface area contributed by atoms with E-state index >= 15 is 0 Å². The summed E-state index contributed by atoms with van der Waals surface area (Å²) in [6.07, 6.45) is 6.82. The first-order chi connectivity index (χ1) is 15.3. The Morgan fingerprint density at radius 1 is 1.28 bits per heavy atom. The number of ether oxygens (including phenoxy) is 2. The van der Waals surface area contributed by atoms with Crippen LogP contribution < -0.4 is 9.47 Å². The Bertz CT molecular complexity index is 996. The van der Waals surface area contributed by atoms with Gasteiger partial charge in [0.2, 0.25) is 0 Å². The highest BCUT2D eigenvalue weighted by Crippen LogP contribution is 2.65. The zero-order chi connectivity index (χ0) is 22.3. The molecule has 5 unspecified atom stereocenters. The average Bonchev–Trinajstić information content (AvgIpc) is 3.05. The van der Waals surface area contributed by atoms with Gasteiger partial charge < -0.3 is 19.7 Å². The summed E-state index contributed by atoms with van der Waals surface area (Å²) in [5.74, 6) is 1.25. The largest absolute Gasteiger partial charge is 0.482 e. The van der Waals surface area contributed by atoms with Crippen molar-refractivity contribution in [1.82, 2.24) is 4.90 Å². The molecule has 5 atom stereocenters. The quantitative estimate of drug-likeness (QED) is 0.427. The summed E-state index contributed by atoms with van der Waals surface area (Å²) in [5, 5.41) is 23.3. The lowest BCUT2D eigenvalue weighted by Gasteiger charge is -2.64. The van der Waals surface area contributed by atoms with Gasteiger partial charge >= 0.3 is 5.97 Å². The predicted molar refractivity (Wildman–Crippen MR) is 119 cm³/mol. The highest BCUT2D eigenvalue weighted by molar-refractivity contribution is 5.85. The lowest BCUT2D eigenvalue weighted by Crippen LogP contribution is -2.77. The SMILES string of the molecule is CC(C)=CC(=O)Oc1ccc2c3c1OC1C(O)CCC4(O)C(C2)N(CC2CCC2)CCC314. The van der Waals surface area contributed by atoms with Crippen molar-refractivity contribution >= 4 is 5.97 Å². The van der Waals surface area contributed by atoms with Crippen LogP contribution >= 0.6 is 0 Å². The maximum absolute atomic E-state index is 12.4. The zero-order valence-corrected chi connectivity index (χ0v) is 19.0. The molecule has 0 aromatic heterocycles. The number of likely N-dealkylation sites (tertiary alicyclic amines) is 1. The molecular weight excluding hydrogens is 406 g/mol. The van der Waals surface area contributed by atoms with Crippen molar-refractivity contribution in [3.05, 3.63) is 34.9 Å². The van der Waals surface area contributed by atoms with E-state index in [0.29, 0.717) is 24.3 Å². The molecule has 172 valence electrons. The van der Waals surface area contributed by atoms with Gasteiger partial charge in [0.25, 0.3) is 0 Å². The van der Waals surface area contributed by atoms with Gasteiger partial charge in [-0.2, -0.15) is 0 Å². The highest BCUT2D eigenvalue weighted by Gasteiger charge is 2.73. The number of carbonyl (C=O) groups is 1. The zero-order valence-electron chi connectivity index (χ0n) is 19.0. The van der Waals surface area contributed by atoms with Gasteiger partial charge in [-0.05, 0) is 76.5 Å². The molecule has 5 aliphatic rings. The van der Waals surface area contributed by atoms with E-state index in [4.69, 9.17) is 9.47 Å². The monoisotopic (exact) mass is 439 g/mol. The molecule has 2 aliphatic heterocycles. The number of hydrogen-bond acceptors (Lipinski definition) is 6. The fraction of sp³-hybridized carbons (Fsp3) is 0.654. The highest BCUT2D eigenvalue weighted by atomic mass is 16.6. The molecule has 1 aromatic carbocycles. The van der Waals surface area contributed by atoms with Gasteiger partial charge in [0, 0.05) is 24.2 Å². The Labute approximate surface area is 189 Å². The third kappa shape index (κ3) is 2.66. The molecule has 32 heavy (non-hydrogen) atoms. The summed E-state index contributed by atoms with van der Waals surface area (Å²) < 4.78 is 12.1. The van der Waals surface area contributed by atoms with Crippen molar-refractivity contribution in [2.75, 3.05) is 13.1 Å². The lowest BCUT2D eigenvalue weighted by atomic mass is 9.48. The summed E-state index contributed by atoms with van der Waals surface area (Å²) in [7, 11) is 0. The Kier molecular flexibility index (Phi) is 4.56. The number of hydrogen-bond donors (Lipinski definition) is 2. The van der Waals surface area contributed by atoms with Crippen LogP contribution in [0.15, 0.2) is 23.8 Å². The topological polar surface area (TPSA) is 79.2 Å². The molecule has 2 bridgehead atoms. The van der Waals surface area contributed by atoms with Gasteiger partial charge in [-0.25, -0.2) is 4.79 Å². The predicted octanol–water partition coefficient (Wildman–Crippen LogP) is 2.87. The van der Waals surface area contributed by atoms with Crippen LogP contribution in [0, 0.1) is 5.92 Å². The molecule has 6 heteroatoms. The first-order valence-electron chi connectivity index (χ1n) is 12.2. The van der Waals surface area contributed by atoms with Crippen molar-refractivity contribution in [2.45, 2.75) is 88.1 Å². The van der Waals surface area contributed by atoms with E-state index in [1.165, 1.54) is 25.3 Å². The minimum absolute atomic E-state index is 0.0352. The summed E-state index contributed by atoms with van der Waals surface area (Å²) in [6.45, 7) is 5.66. The van der Waals surface area contributed by atoms with Gasteiger partial charge in [0.1, 0.15) is 6.10 Å². The number of carbonyl (C=O) groups excluding carboxylic acids is 1. The molecule has 0 radical (unpaired) electrons. The molecule has 2 saturated carbocycles. The number of esters is 1. The van der Waals surface area contributed by atoms with Crippen LogP contribution in [0.1, 0.15) is 63.5 Å². The van der Waals surface area contributed by atoms with Crippen LogP contribution in [0.3, 0.4) is 0 Å². The normalized spacial score (nSPS) is 37.2. The Hall–Kier alpha value is -1.89. The van der Waals surface area contributed by atoms with E-state index in [2.05, 4.69) is 4.90 Å². The average molecular weight is 440 g/mol. The third-order valence-corrected chi connectivity index (χ3v) is 8.86. The second-order valence-corrected chi connectivity index (χ2v) is 10.9. The number of aliphatic hydroxyl groups excluding tert-OH is 1. The van der Waals surface area contributed by atoms with E-state index in [-0.39, 0.29) is 6.04 Å². The van der Waals surface area contributed by atoms with E-state index in [9.17, 15) is 15.0 Å². The first kappa shape index (κ1) is 20.7. The molecule has 1 saturated heterocycles. The van der Waals surface area contributed by atoms with E-state index in [0.717, 1.165) is 48.5 Å². The maximum atomic E-state index is 12.4. The minimum atomic E-state index is -0.945. The smallest absolute Gasteiger partial charge is 0.336 e. The molecule has 6 rings (SSSR count). The molecular formula is C26H33NO5. The number of benzene rings is 1. The van der Waals surface area contributed by atoms with Gasteiger partial charge in [0.05, 0.1) is 17.1 Å². The Morgan fingerprint density at radius 2 is 2.09 bits per heavy atom. The Balaban J connectivity index is 1.45. The molecule has 2 N–H and O–H groups in total. The van der Waals surface area contributed by atoms with E-state index in [1.54, 1.807) is 0 Å². The number of allylic oxidation sites excluding steroid dienone is 1. The maximum Gasteiger partial charge on any atom is 0.336 e. The number of piperidine rings is 1. The van der Waals surface area contributed by atoms with Crippen LogP contribution in [0.25, 0.3) is 0 Å². The van der Waals surface area contributed by atoms with Gasteiger partial charge in [-0.3, -0.25) is 4.90 Å². The van der Waals surface area contributed by atoms with E-state index in [1.807, 2.05) is 26.0 Å². The molecule has 3 aliphatic carbocycles. The van der Waals surface area contributed by atoms with Crippen molar-refractivity contribution in [3.63, 3.8) is 0 Å². The van der Waals surface area contributed by atoms with Crippen LogP contribution in [0.5, 0.6) is 11.5 Å². The van der Waals surface area contributed by atoms with Gasteiger partial charge in [-0.15, -0.1) is 0 Å². The second kappa shape index (κ2) is 7.05. The molecule has 6 nitrogen and oxygen atoms in total. The summed E-state index contributed by atoms with van der Waals surface area (Å²) >= 11 is 0. The summed E-state index contributed by atoms with van der Waals surface area (Å²) in [6, 6.07) is 3.90. The van der Waals surface area contributed by atoms with Crippen molar-refractivity contribution in [1.29, 1.82) is 0 Å². The van der Waals surface area contributed by atoms with Crippen LogP contribution in [0.2, 0.25) is 0 Å². The molecule has 3 fully saturated rings. The summed E-state index contributed by atoms with van der Waals surface area (Å²) in [4.78, 5) is 14.9. The van der Waals surface area contributed by atoms with E-state index < -0.39 is 29.2 Å². The molecule has 2 heterocycles. The van der Waals surface area contributed by atoms with Gasteiger partial charge in [0.15, 0.2) is 11.5 Å². The van der Waals surface area contributed by atoms with Gasteiger partial charge in [-0.1, -0.05) is 18.1 Å². The number of aliphatic hydroxyl groups is 2. The number of rotatable bonds is 4. The van der Waals surface area contributed by atoms with Crippen LogP contribution in [-0.2, 0) is 16.6 Å². The fourth-order valence-corrected chi connectivity index (χ4v) is 7.27. The number of nitrogens with zero attached hydrogens (tertiary/aromatic N) is 1. The standard InChI is InChI=1S/C26H33NO5/c1-15(2)12-21(29)31-19-7-6-17-13-20-26(30)9-8-18(28)24-25(26,22(17)23(19)32-24)10-11-27(20)14-16-4-3-5-16/h6-7,12,16,18,20,24,28,30H,3-5,8-11,13-14H2,1-2H3. The second-order valence-electron chi connectivity index (χ2n) is 10.9. The minimum Gasteiger partial charge on any atom is -0.482 e. The molecule has 1 aromatic rings. The molecule has 1 spiro atoms. The third-order valence-electron chi connectivity index (χ3n) is 8.86. The van der Waals surface area contributed by atoms with Crippen molar-refractivity contribution in [3.8, 4) is 11.5 Å². The lowest BCUT2D eigenvalue weighted by molar-refractivity contribution is -0.209. The van der Waals surface area contributed by atoms with Crippen molar-refractivity contribution in [2.24, 2.45) is 5.92 Å². The van der Waals surface area contributed by atoms with Crippen LogP contribution in [0.4, 0.5) is 0 Å². The van der Waals surface area contributed by atoms with Crippen molar-refractivity contribution < 1.29 is 24.5 Å². The molecule has 0 amide bonds. The van der Waals surface area contributed by atoms with Crippen LogP contribution in [-0.4, -0.2) is 58.0 Å². The summed E-state index contributed by atoms with van der Waals surface area (Å²) in [5.41, 5.74) is 1.41. The first-order valence-corrected chi connectivity index (χ1v) is 12.2.